The van der Waals surface area contributed by atoms with Gasteiger partial charge in [0.15, 0.2) is 0 Å². The lowest BCUT2D eigenvalue weighted by atomic mass is 10.0. The van der Waals surface area contributed by atoms with Crippen LogP contribution in [0.25, 0.3) is 20.7 Å². The van der Waals surface area contributed by atoms with Gasteiger partial charge in [-0.05, 0) is 35.9 Å². The molecule has 0 fully saturated rings. The fourth-order valence-corrected chi connectivity index (χ4v) is 5.25. The van der Waals surface area contributed by atoms with E-state index in [-0.39, 0.29) is 4.88 Å². The van der Waals surface area contributed by atoms with Crippen LogP contribution >= 0.6 is 22.7 Å². The number of carboxylic acids is 1. The molecule has 1 aliphatic heterocycles. The van der Waals surface area contributed by atoms with Crippen LogP contribution in [0.1, 0.15) is 41.2 Å². The minimum absolute atomic E-state index is 0.186. The molecule has 136 valence electrons. The minimum Gasteiger partial charge on any atom is -0.477 e. The van der Waals surface area contributed by atoms with Crippen molar-refractivity contribution in [3.05, 3.63) is 33.6 Å². The van der Waals surface area contributed by atoms with E-state index in [0.717, 1.165) is 52.4 Å². The van der Waals surface area contributed by atoms with E-state index in [1.807, 2.05) is 11.4 Å². The molecule has 0 atom stereocenters. The topological polar surface area (TPSA) is 79.5 Å². The van der Waals surface area contributed by atoms with Crippen molar-refractivity contribution >= 4 is 44.5 Å². The molecule has 0 radical (unpaired) electrons. The number of carboxylic acid groups (broad SMARTS) is 1. The van der Waals surface area contributed by atoms with E-state index in [9.17, 15) is 9.90 Å². The summed E-state index contributed by atoms with van der Waals surface area (Å²) in [4.78, 5) is 20.8. The average Bonchev–Trinajstić information content (AvgIpc) is 3.30. The molecule has 0 spiro atoms. The third kappa shape index (κ3) is 2.90. The quantitative estimate of drug-likeness (QED) is 0.665. The Morgan fingerprint density at radius 1 is 1.42 bits per heavy atom. The highest BCUT2D eigenvalue weighted by Crippen LogP contribution is 2.45. The zero-order valence-corrected chi connectivity index (χ0v) is 16.4. The molecule has 4 heterocycles. The second-order valence-electron chi connectivity index (χ2n) is 7.11. The van der Waals surface area contributed by atoms with Crippen molar-refractivity contribution in [2.24, 2.45) is 5.92 Å². The van der Waals surface area contributed by atoms with Gasteiger partial charge in [-0.1, -0.05) is 19.9 Å². The third-order valence-electron chi connectivity index (χ3n) is 4.80. The smallest absolute Gasteiger partial charge is 0.348 e. The average molecular weight is 388 g/mol. The van der Waals surface area contributed by atoms with E-state index >= 15 is 0 Å². The molecule has 0 unspecified atom stereocenters. The molecule has 0 aromatic carbocycles. The van der Waals surface area contributed by atoms with Gasteiger partial charge >= 0.3 is 5.97 Å². The van der Waals surface area contributed by atoms with Crippen LogP contribution in [-0.2, 0) is 13.1 Å². The lowest BCUT2D eigenvalue weighted by Gasteiger charge is -2.15. The van der Waals surface area contributed by atoms with Crippen molar-refractivity contribution in [3.8, 4) is 10.4 Å². The zero-order chi connectivity index (χ0) is 18.4. The summed E-state index contributed by atoms with van der Waals surface area (Å²) in [6.45, 7) is 7.18. The molecular weight excluding hydrogens is 366 g/mol. The summed E-state index contributed by atoms with van der Waals surface area (Å²) >= 11 is 2.84. The molecule has 0 amide bonds. The van der Waals surface area contributed by atoms with E-state index in [1.54, 1.807) is 11.3 Å². The Labute approximate surface area is 160 Å². The SMILES string of the molecule is CC(C)CCN1Cc2nc3sc(C(=O)O)c(N)c3c(-c3cccs3)c2C1. The number of hydrogen-bond donors (Lipinski definition) is 2. The van der Waals surface area contributed by atoms with Crippen LogP contribution < -0.4 is 5.73 Å². The number of anilines is 1. The van der Waals surface area contributed by atoms with Crippen LogP contribution in [0.15, 0.2) is 17.5 Å². The zero-order valence-electron chi connectivity index (χ0n) is 14.8. The molecule has 0 saturated heterocycles. The number of aromatic carboxylic acids is 1. The van der Waals surface area contributed by atoms with Gasteiger partial charge in [0.1, 0.15) is 9.71 Å². The van der Waals surface area contributed by atoms with Crippen LogP contribution in [0.3, 0.4) is 0 Å². The molecule has 5 nitrogen and oxygen atoms in total. The summed E-state index contributed by atoms with van der Waals surface area (Å²) < 4.78 is 0. The highest BCUT2D eigenvalue weighted by atomic mass is 32.1. The number of aromatic nitrogens is 1. The Kier molecular flexibility index (Phi) is 4.46. The first-order chi connectivity index (χ1) is 12.5. The van der Waals surface area contributed by atoms with E-state index in [4.69, 9.17) is 10.7 Å². The normalized spacial score (nSPS) is 14.4. The van der Waals surface area contributed by atoms with Crippen LogP contribution in [0, 0.1) is 5.92 Å². The number of thiophene rings is 2. The van der Waals surface area contributed by atoms with E-state index in [1.165, 1.54) is 16.9 Å². The minimum atomic E-state index is -0.985. The molecule has 3 aromatic rings. The summed E-state index contributed by atoms with van der Waals surface area (Å²) in [5.41, 5.74) is 9.93. The van der Waals surface area contributed by atoms with Crippen molar-refractivity contribution in [1.29, 1.82) is 0 Å². The summed E-state index contributed by atoms with van der Waals surface area (Å²) in [5, 5.41) is 12.3. The number of carbonyl (C=O) groups is 1. The molecular formula is C19H21N3O2S2. The fraction of sp³-hybridized carbons (Fsp3) is 0.368. The first-order valence-corrected chi connectivity index (χ1v) is 10.4. The highest BCUT2D eigenvalue weighted by molar-refractivity contribution is 7.21. The van der Waals surface area contributed by atoms with E-state index in [0.29, 0.717) is 11.6 Å². The number of rotatable bonds is 5. The van der Waals surface area contributed by atoms with Gasteiger partial charge in [-0.15, -0.1) is 22.7 Å². The van der Waals surface area contributed by atoms with Gasteiger partial charge in [0.25, 0.3) is 0 Å². The summed E-state index contributed by atoms with van der Waals surface area (Å²) in [6.07, 6.45) is 1.15. The van der Waals surface area contributed by atoms with Gasteiger partial charge in [0, 0.05) is 28.9 Å². The molecule has 3 N–H and O–H groups in total. The summed E-state index contributed by atoms with van der Waals surface area (Å²) in [5.74, 6) is -0.318. The van der Waals surface area contributed by atoms with E-state index in [2.05, 4.69) is 24.8 Å². The molecule has 0 aliphatic carbocycles. The Morgan fingerprint density at radius 2 is 2.23 bits per heavy atom. The number of hydrogen-bond acceptors (Lipinski definition) is 6. The maximum Gasteiger partial charge on any atom is 0.348 e. The maximum atomic E-state index is 11.5. The second kappa shape index (κ2) is 6.64. The van der Waals surface area contributed by atoms with Gasteiger partial charge in [-0.2, -0.15) is 0 Å². The van der Waals surface area contributed by atoms with Crippen LogP contribution in [0.5, 0.6) is 0 Å². The lowest BCUT2D eigenvalue weighted by Crippen LogP contribution is -2.19. The van der Waals surface area contributed by atoms with Crippen LogP contribution in [0.2, 0.25) is 0 Å². The summed E-state index contributed by atoms with van der Waals surface area (Å²) in [6, 6.07) is 4.10. The summed E-state index contributed by atoms with van der Waals surface area (Å²) in [7, 11) is 0. The van der Waals surface area contributed by atoms with Crippen molar-refractivity contribution in [3.63, 3.8) is 0 Å². The number of fused-ring (bicyclic) bond motifs is 2. The van der Waals surface area contributed by atoms with Crippen LogP contribution in [-0.4, -0.2) is 27.5 Å². The van der Waals surface area contributed by atoms with E-state index < -0.39 is 5.97 Å². The largest absolute Gasteiger partial charge is 0.477 e. The van der Waals surface area contributed by atoms with Gasteiger partial charge in [0.2, 0.25) is 0 Å². The van der Waals surface area contributed by atoms with Gasteiger partial charge in [-0.25, -0.2) is 9.78 Å². The number of pyridine rings is 1. The molecule has 1 aliphatic rings. The molecule has 4 rings (SSSR count). The first-order valence-electron chi connectivity index (χ1n) is 8.69. The van der Waals surface area contributed by atoms with Crippen molar-refractivity contribution in [2.45, 2.75) is 33.4 Å². The fourth-order valence-electron chi connectivity index (χ4n) is 3.48. The van der Waals surface area contributed by atoms with Crippen molar-refractivity contribution in [1.82, 2.24) is 9.88 Å². The third-order valence-corrected chi connectivity index (χ3v) is 6.78. The Hall–Kier alpha value is -1.96. The Morgan fingerprint density at radius 3 is 2.88 bits per heavy atom. The number of nitrogens with zero attached hydrogens (tertiary/aromatic N) is 2. The molecule has 0 bridgehead atoms. The van der Waals surface area contributed by atoms with Crippen molar-refractivity contribution in [2.75, 3.05) is 12.3 Å². The molecule has 26 heavy (non-hydrogen) atoms. The molecule has 3 aromatic heterocycles. The first kappa shape index (κ1) is 17.5. The number of nitrogens with two attached hydrogens (primary N) is 1. The van der Waals surface area contributed by atoms with Crippen molar-refractivity contribution < 1.29 is 9.90 Å². The maximum absolute atomic E-state index is 11.5. The lowest BCUT2D eigenvalue weighted by molar-refractivity contribution is 0.0703. The number of nitrogen functional groups attached to an aromatic ring is 1. The Balaban J connectivity index is 1.87. The second-order valence-corrected chi connectivity index (χ2v) is 9.06. The Bertz CT molecular complexity index is 977. The predicted octanol–water partition coefficient (Wildman–Crippen LogP) is 4.67. The molecule has 0 saturated carbocycles. The van der Waals surface area contributed by atoms with Gasteiger partial charge in [-0.3, -0.25) is 4.90 Å². The van der Waals surface area contributed by atoms with Crippen LogP contribution in [0.4, 0.5) is 5.69 Å². The molecule has 7 heteroatoms. The van der Waals surface area contributed by atoms with Gasteiger partial charge < -0.3 is 10.8 Å². The monoisotopic (exact) mass is 387 g/mol. The van der Waals surface area contributed by atoms with Gasteiger partial charge in [0.05, 0.1) is 11.4 Å². The standard InChI is InChI=1S/C19H21N3O2S2/c1-10(2)5-6-22-8-11-12(9-22)21-18-15(14(11)13-4-3-7-25-13)16(20)17(26-18)19(23)24/h3-4,7,10H,5-6,8-9,20H2,1-2H3,(H,23,24). The highest BCUT2D eigenvalue weighted by Gasteiger charge is 2.29. The predicted molar refractivity (Wildman–Crippen MR) is 108 cm³/mol.